The summed E-state index contributed by atoms with van der Waals surface area (Å²) in [4.78, 5) is 24.5. The van der Waals surface area contributed by atoms with E-state index in [0.717, 1.165) is 4.88 Å². The molecule has 0 fully saturated rings. The van der Waals surface area contributed by atoms with Crippen molar-refractivity contribution >= 4 is 23.0 Å². The number of carbonyl (C=O) groups excluding carboxylic acids is 2. The molecule has 4 nitrogen and oxygen atoms in total. The molecule has 0 bridgehead atoms. The van der Waals surface area contributed by atoms with Crippen molar-refractivity contribution in [2.45, 2.75) is 32.9 Å². The Hall–Kier alpha value is -2.14. The van der Waals surface area contributed by atoms with Gasteiger partial charge in [0.05, 0.1) is 6.04 Å². The van der Waals surface area contributed by atoms with Gasteiger partial charge in [-0.1, -0.05) is 6.07 Å². The molecular formula is C17H19NO3S. The highest BCUT2D eigenvalue weighted by Crippen LogP contribution is 2.19. The van der Waals surface area contributed by atoms with Crippen molar-refractivity contribution in [2.75, 3.05) is 0 Å². The highest BCUT2D eigenvalue weighted by atomic mass is 32.1. The molecule has 2 aromatic rings. The molecule has 1 aromatic heterocycles. The summed E-state index contributed by atoms with van der Waals surface area (Å²) >= 11 is 1.61. The topological polar surface area (TPSA) is 55.4 Å². The molecule has 0 saturated heterocycles. The zero-order valence-corrected chi connectivity index (χ0v) is 13.6. The minimum absolute atomic E-state index is 0.00196. The second-order valence-electron chi connectivity index (χ2n) is 5.09. The average molecular weight is 317 g/mol. The lowest BCUT2D eigenvalue weighted by atomic mass is 10.1. The van der Waals surface area contributed by atoms with E-state index in [9.17, 15) is 9.59 Å². The van der Waals surface area contributed by atoms with Gasteiger partial charge in [-0.15, -0.1) is 11.3 Å². The zero-order chi connectivity index (χ0) is 16.1. The molecular weight excluding hydrogens is 298 g/mol. The lowest BCUT2D eigenvalue weighted by Gasteiger charge is -2.18. The Morgan fingerprint density at radius 3 is 2.36 bits per heavy atom. The summed E-state index contributed by atoms with van der Waals surface area (Å²) in [5.41, 5.74) is 0.621. The molecule has 5 heteroatoms. The maximum Gasteiger partial charge on any atom is 0.261 e. The first-order valence-corrected chi connectivity index (χ1v) is 7.96. The van der Waals surface area contributed by atoms with Crippen LogP contribution in [0.25, 0.3) is 0 Å². The summed E-state index contributed by atoms with van der Waals surface area (Å²) in [5, 5.41) is 4.90. The van der Waals surface area contributed by atoms with Crippen LogP contribution in [0.1, 0.15) is 42.0 Å². The number of Topliss-reactive ketones (excluding diaryl/α,β-unsaturated/α-hetero) is 1. The molecule has 0 radical (unpaired) electrons. The van der Waals surface area contributed by atoms with Gasteiger partial charge in [-0.3, -0.25) is 9.59 Å². The van der Waals surface area contributed by atoms with Gasteiger partial charge >= 0.3 is 0 Å². The number of hydrogen-bond donors (Lipinski definition) is 1. The molecule has 0 aliphatic carbocycles. The molecule has 0 unspecified atom stereocenters. The van der Waals surface area contributed by atoms with E-state index in [1.54, 1.807) is 42.5 Å². The molecule has 0 aliphatic heterocycles. The van der Waals surface area contributed by atoms with Crippen LogP contribution in [0.3, 0.4) is 0 Å². The summed E-state index contributed by atoms with van der Waals surface area (Å²) in [5.74, 6) is 0.398. The van der Waals surface area contributed by atoms with E-state index >= 15 is 0 Å². The lowest BCUT2D eigenvalue weighted by molar-refractivity contribution is -0.127. The Balaban J connectivity index is 1.92. The number of benzene rings is 1. The van der Waals surface area contributed by atoms with Crippen molar-refractivity contribution in [1.82, 2.24) is 5.32 Å². The van der Waals surface area contributed by atoms with Crippen LogP contribution < -0.4 is 10.1 Å². The normalized spacial score (nSPS) is 13.2. The largest absolute Gasteiger partial charge is 0.481 e. The number of rotatable bonds is 6. The first-order chi connectivity index (χ1) is 10.5. The Morgan fingerprint density at radius 2 is 1.82 bits per heavy atom. The fourth-order valence-electron chi connectivity index (χ4n) is 1.97. The molecule has 1 N–H and O–H groups in total. The van der Waals surface area contributed by atoms with E-state index in [4.69, 9.17) is 4.74 Å². The molecule has 0 aliphatic rings. The number of thiophene rings is 1. The van der Waals surface area contributed by atoms with E-state index in [0.29, 0.717) is 11.3 Å². The zero-order valence-electron chi connectivity index (χ0n) is 12.8. The molecule has 116 valence electrons. The summed E-state index contributed by atoms with van der Waals surface area (Å²) < 4.78 is 5.61. The minimum atomic E-state index is -0.606. The fourth-order valence-corrected chi connectivity index (χ4v) is 2.70. The van der Waals surface area contributed by atoms with Crippen LogP contribution in [-0.4, -0.2) is 17.8 Å². The van der Waals surface area contributed by atoms with E-state index in [2.05, 4.69) is 5.32 Å². The van der Waals surface area contributed by atoms with Gasteiger partial charge in [0, 0.05) is 10.4 Å². The Kier molecular flexibility index (Phi) is 5.33. The molecule has 1 heterocycles. The molecule has 22 heavy (non-hydrogen) atoms. The van der Waals surface area contributed by atoms with E-state index in [1.165, 1.54) is 6.92 Å². The second kappa shape index (κ2) is 7.22. The monoisotopic (exact) mass is 317 g/mol. The molecule has 0 saturated carbocycles. The van der Waals surface area contributed by atoms with E-state index < -0.39 is 6.10 Å². The molecule has 0 spiro atoms. The number of ether oxygens (including phenoxy) is 1. The van der Waals surface area contributed by atoms with Crippen molar-refractivity contribution in [2.24, 2.45) is 0 Å². The highest BCUT2D eigenvalue weighted by molar-refractivity contribution is 7.10. The average Bonchev–Trinajstić information content (AvgIpc) is 3.02. The van der Waals surface area contributed by atoms with Gasteiger partial charge in [0.25, 0.3) is 5.91 Å². The SMILES string of the molecule is CC(=O)c1ccc(O[C@H](C)C(=O)N[C@@H](C)c2cccs2)cc1. The van der Waals surface area contributed by atoms with Gasteiger partial charge in [0.2, 0.25) is 0 Å². The van der Waals surface area contributed by atoms with Gasteiger partial charge in [-0.25, -0.2) is 0 Å². The summed E-state index contributed by atoms with van der Waals surface area (Å²) in [6, 6.07) is 10.7. The molecule has 2 atom stereocenters. The number of ketones is 1. The third kappa shape index (κ3) is 4.18. The standard InChI is InChI=1S/C17H19NO3S/c1-11(16-5-4-10-22-16)18-17(20)13(3)21-15-8-6-14(7-9-15)12(2)19/h4-11,13H,1-3H3,(H,18,20)/t11-,13+/m0/s1. The fraction of sp³-hybridized carbons (Fsp3) is 0.294. The summed E-state index contributed by atoms with van der Waals surface area (Å²) in [6.07, 6.45) is -0.606. The van der Waals surface area contributed by atoms with E-state index in [1.807, 2.05) is 24.4 Å². The van der Waals surface area contributed by atoms with Crippen molar-refractivity contribution in [3.05, 3.63) is 52.2 Å². The first kappa shape index (κ1) is 16.2. The Bertz CT molecular complexity index is 634. The van der Waals surface area contributed by atoms with Crippen molar-refractivity contribution < 1.29 is 14.3 Å². The van der Waals surface area contributed by atoms with Gasteiger partial charge in [-0.2, -0.15) is 0 Å². The third-order valence-electron chi connectivity index (χ3n) is 3.27. The summed E-state index contributed by atoms with van der Waals surface area (Å²) in [7, 11) is 0. The smallest absolute Gasteiger partial charge is 0.261 e. The third-order valence-corrected chi connectivity index (χ3v) is 4.33. The number of amides is 1. The van der Waals surface area contributed by atoms with Crippen LogP contribution in [0.5, 0.6) is 5.75 Å². The van der Waals surface area contributed by atoms with Gasteiger partial charge < -0.3 is 10.1 Å². The highest BCUT2D eigenvalue weighted by Gasteiger charge is 2.18. The predicted octanol–water partition coefficient (Wildman–Crippen LogP) is 3.60. The Morgan fingerprint density at radius 1 is 1.14 bits per heavy atom. The van der Waals surface area contributed by atoms with Crippen molar-refractivity contribution in [3.63, 3.8) is 0 Å². The van der Waals surface area contributed by atoms with Crippen LogP contribution >= 0.6 is 11.3 Å². The van der Waals surface area contributed by atoms with Crippen LogP contribution in [0, 0.1) is 0 Å². The maximum absolute atomic E-state index is 12.1. The maximum atomic E-state index is 12.1. The van der Waals surface area contributed by atoms with Crippen LogP contribution in [0.15, 0.2) is 41.8 Å². The second-order valence-corrected chi connectivity index (χ2v) is 6.07. The quantitative estimate of drug-likeness (QED) is 0.828. The summed E-state index contributed by atoms with van der Waals surface area (Å²) in [6.45, 7) is 5.16. The van der Waals surface area contributed by atoms with E-state index in [-0.39, 0.29) is 17.7 Å². The van der Waals surface area contributed by atoms with Crippen molar-refractivity contribution in [1.29, 1.82) is 0 Å². The number of carbonyl (C=O) groups is 2. The van der Waals surface area contributed by atoms with Crippen molar-refractivity contribution in [3.8, 4) is 5.75 Å². The van der Waals surface area contributed by atoms with Gasteiger partial charge in [-0.05, 0) is 56.5 Å². The van der Waals surface area contributed by atoms with Gasteiger partial charge in [0.15, 0.2) is 11.9 Å². The lowest BCUT2D eigenvalue weighted by Crippen LogP contribution is -2.37. The first-order valence-electron chi connectivity index (χ1n) is 7.09. The molecule has 1 aromatic carbocycles. The van der Waals surface area contributed by atoms with Crippen LogP contribution in [0.2, 0.25) is 0 Å². The Labute approximate surface area is 134 Å². The van der Waals surface area contributed by atoms with Crippen LogP contribution in [-0.2, 0) is 4.79 Å². The molecule has 2 rings (SSSR count). The minimum Gasteiger partial charge on any atom is -0.481 e. The molecule has 1 amide bonds. The van der Waals surface area contributed by atoms with Gasteiger partial charge in [0.1, 0.15) is 5.75 Å². The van der Waals surface area contributed by atoms with Crippen LogP contribution in [0.4, 0.5) is 0 Å². The predicted molar refractivity (Wildman–Crippen MR) is 87.4 cm³/mol. The number of hydrogen-bond acceptors (Lipinski definition) is 4. The number of nitrogens with one attached hydrogen (secondary N) is 1.